The van der Waals surface area contributed by atoms with Crippen LogP contribution >= 0.6 is 0 Å². The fourth-order valence-electron chi connectivity index (χ4n) is 5.46. The zero-order valence-electron chi connectivity index (χ0n) is 23.0. The van der Waals surface area contributed by atoms with Crippen molar-refractivity contribution in [2.45, 2.75) is 52.9 Å². The zero-order valence-corrected chi connectivity index (χ0v) is 25.4. The molecule has 0 fully saturated rings. The molecule has 0 amide bonds. The minimum absolute atomic E-state index is 0. The van der Waals surface area contributed by atoms with Crippen molar-refractivity contribution in [2.75, 3.05) is 0 Å². The van der Waals surface area contributed by atoms with Gasteiger partial charge in [-0.1, -0.05) is 69.7 Å². The minimum Gasteiger partial charge on any atom is -0.512 e. The molecule has 6 rings (SSSR count). The molecule has 5 aromatic rings. The third-order valence-corrected chi connectivity index (χ3v) is 7.14. The van der Waals surface area contributed by atoms with E-state index < -0.39 is 0 Å². The van der Waals surface area contributed by atoms with E-state index in [1.807, 2.05) is 12.1 Å². The van der Waals surface area contributed by atoms with Crippen LogP contribution in [0.1, 0.15) is 64.2 Å². The third kappa shape index (κ3) is 5.22. The van der Waals surface area contributed by atoms with Crippen molar-refractivity contribution in [3.63, 3.8) is 0 Å². The van der Waals surface area contributed by atoms with Crippen LogP contribution in [0.25, 0.3) is 44.5 Å². The number of benzene rings is 3. The van der Waals surface area contributed by atoms with Crippen LogP contribution in [0.2, 0.25) is 0 Å². The predicted octanol–water partition coefficient (Wildman–Crippen LogP) is 8.91. The number of hydrogen-bond acceptors (Lipinski definition) is 4. The Bertz CT molecular complexity index is 1720. The van der Waals surface area contributed by atoms with Gasteiger partial charge in [0.2, 0.25) is 0 Å². The molecule has 0 spiro atoms. The summed E-state index contributed by atoms with van der Waals surface area (Å²) in [5, 5.41) is 10.7. The second-order valence-electron chi connectivity index (χ2n) is 10.8. The van der Waals surface area contributed by atoms with Crippen LogP contribution in [0.15, 0.2) is 83.0 Å². The van der Waals surface area contributed by atoms with Crippen molar-refractivity contribution >= 4 is 27.7 Å². The summed E-state index contributed by atoms with van der Waals surface area (Å²) in [5.74, 6) is 1.43. The molecule has 2 heterocycles. The van der Waals surface area contributed by atoms with Crippen molar-refractivity contribution < 1.29 is 34.4 Å². The number of aliphatic hydroxyl groups is 1. The van der Waals surface area contributed by atoms with E-state index in [0.29, 0.717) is 5.92 Å². The number of carbonyl (C=O) groups excluding carboxylic acids is 1. The number of aliphatic hydroxyl groups excluding tert-OH is 1. The normalized spacial score (nSPS) is 13.5. The number of nitrogens with zero attached hydrogens (tertiary/aromatic N) is 1. The number of furan rings is 1. The van der Waals surface area contributed by atoms with Crippen molar-refractivity contribution in [1.29, 1.82) is 0 Å². The summed E-state index contributed by atoms with van der Waals surface area (Å²) < 4.78 is 6.33. The number of carbonyl (C=O) groups is 1. The molecule has 1 aliphatic carbocycles. The van der Waals surface area contributed by atoms with Crippen LogP contribution in [0, 0.1) is 6.07 Å². The average Bonchev–Trinajstić information content (AvgIpc) is 3.37. The molecule has 0 unspecified atom stereocenters. The van der Waals surface area contributed by atoms with Gasteiger partial charge in [0.25, 0.3) is 0 Å². The second kappa shape index (κ2) is 10.9. The Labute approximate surface area is 243 Å². The Balaban J connectivity index is 0.000000394. The van der Waals surface area contributed by atoms with E-state index in [1.165, 1.54) is 47.4 Å². The van der Waals surface area contributed by atoms with Gasteiger partial charge in [-0.2, -0.15) is 0 Å². The maximum Gasteiger partial charge on any atom is 0.155 e. The smallest absolute Gasteiger partial charge is 0.155 e. The summed E-state index contributed by atoms with van der Waals surface area (Å²) in [7, 11) is 0. The van der Waals surface area contributed by atoms with Gasteiger partial charge in [0.15, 0.2) is 5.78 Å². The van der Waals surface area contributed by atoms with Gasteiger partial charge in [0.05, 0.1) is 11.3 Å². The number of pyridine rings is 1. The molecule has 0 aliphatic heterocycles. The number of rotatable bonds is 3. The first-order valence-corrected chi connectivity index (χ1v) is 12.9. The minimum atomic E-state index is -0.192. The van der Waals surface area contributed by atoms with E-state index in [2.05, 4.69) is 88.4 Å². The zero-order chi connectivity index (χ0) is 27.2. The molecule has 3 aromatic carbocycles. The molecule has 0 saturated heterocycles. The Morgan fingerprint density at radius 1 is 1.03 bits per heavy atom. The summed E-state index contributed by atoms with van der Waals surface area (Å²) >= 11 is 0. The van der Waals surface area contributed by atoms with Gasteiger partial charge in [-0.15, -0.1) is 29.3 Å². The predicted molar refractivity (Wildman–Crippen MR) is 155 cm³/mol. The molecular formula is C34H32IrNO3-. The standard InChI is InChI=1S/C29H24NO.C5H8O2.Ir/c1-17(2)18-12-14-23-19(16-18)13-15-24(30-23)20-9-7-10-22-26(20)29(3,4)27-21-8-5-6-11-25(21)31-28(22)27;1-4(6)3-5(2)7;/h5-8,10-17H,1-4H3;3,6H,1-2H3;/q-1;;/b;4-3-;. The van der Waals surface area contributed by atoms with E-state index >= 15 is 0 Å². The van der Waals surface area contributed by atoms with Crippen LogP contribution < -0.4 is 0 Å². The van der Waals surface area contributed by atoms with Crippen LogP contribution in [-0.4, -0.2) is 15.9 Å². The Kier molecular flexibility index (Phi) is 7.97. The van der Waals surface area contributed by atoms with Crippen LogP contribution in [0.5, 0.6) is 0 Å². The molecule has 1 N–H and O–H groups in total. The molecule has 201 valence electrons. The number of ketones is 1. The van der Waals surface area contributed by atoms with Crippen molar-refractivity contribution in [1.82, 2.24) is 4.98 Å². The molecule has 1 aliphatic rings. The molecular weight excluding hydrogens is 663 g/mol. The van der Waals surface area contributed by atoms with Gasteiger partial charge in [-0.05, 0) is 60.0 Å². The Morgan fingerprint density at radius 3 is 2.44 bits per heavy atom. The van der Waals surface area contributed by atoms with Gasteiger partial charge in [-0.3, -0.25) is 9.78 Å². The largest absolute Gasteiger partial charge is 0.512 e. The van der Waals surface area contributed by atoms with E-state index in [4.69, 9.17) is 14.5 Å². The van der Waals surface area contributed by atoms with Crippen molar-refractivity contribution in [3.05, 3.63) is 101 Å². The molecule has 4 nitrogen and oxygen atoms in total. The quantitative estimate of drug-likeness (QED) is 0.116. The second-order valence-corrected chi connectivity index (χ2v) is 10.8. The molecule has 2 aromatic heterocycles. The van der Waals surface area contributed by atoms with Gasteiger partial charge in [0, 0.05) is 37.1 Å². The summed E-state index contributed by atoms with van der Waals surface area (Å²) in [6.45, 7) is 11.9. The molecule has 0 bridgehead atoms. The SMILES string of the molecule is CC(=O)/C=C(/C)O.CC(C)c1ccc2nc(-c3[c-]ccc4c3C(C)(C)c3c-4oc4ccccc34)ccc2c1.[Ir]. The average molecular weight is 695 g/mol. The van der Waals surface area contributed by atoms with Crippen molar-refractivity contribution in [2.24, 2.45) is 0 Å². The summed E-state index contributed by atoms with van der Waals surface area (Å²) in [5.41, 5.74) is 8.81. The first kappa shape index (κ1) is 28.5. The van der Waals surface area contributed by atoms with Crippen LogP contribution in [0.4, 0.5) is 0 Å². The number of allylic oxidation sites excluding steroid dienone is 2. The third-order valence-electron chi connectivity index (χ3n) is 7.14. The fraction of sp³-hybridized carbons (Fsp3) is 0.235. The van der Waals surface area contributed by atoms with Crippen LogP contribution in [-0.2, 0) is 30.3 Å². The van der Waals surface area contributed by atoms with E-state index in [9.17, 15) is 4.79 Å². The molecule has 39 heavy (non-hydrogen) atoms. The van der Waals surface area contributed by atoms with E-state index in [-0.39, 0.29) is 37.1 Å². The Morgan fingerprint density at radius 2 is 1.77 bits per heavy atom. The number of fused-ring (bicyclic) bond motifs is 6. The van der Waals surface area contributed by atoms with Gasteiger partial charge in [0.1, 0.15) is 11.3 Å². The maximum absolute atomic E-state index is 10.0. The number of hydrogen-bond donors (Lipinski definition) is 1. The van der Waals surface area contributed by atoms with E-state index in [0.717, 1.165) is 33.7 Å². The summed E-state index contributed by atoms with van der Waals surface area (Å²) in [4.78, 5) is 15.1. The topological polar surface area (TPSA) is 63.3 Å². The van der Waals surface area contributed by atoms with Gasteiger partial charge >= 0.3 is 0 Å². The number of para-hydroxylation sites is 1. The number of aromatic nitrogens is 1. The summed E-state index contributed by atoms with van der Waals surface area (Å²) in [6.07, 6.45) is 1.17. The van der Waals surface area contributed by atoms with E-state index in [1.54, 1.807) is 0 Å². The molecule has 0 atom stereocenters. The van der Waals surface area contributed by atoms with Gasteiger partial charge < -0.3 is 9.52 Å². The first-order chi connectivity index (χ1) is 18.1. The van der Waals surface area contributed by atoms with Crippen LogP contribution in [0.3, 0.4) is 0 Å². The molecule has 5 heteroatoms. The summed E-state index contributed by atoms with van der Waals surface area (Å²) in [6, 6.07) is 26.9. The fourth-order valence-corrected chi connectivity index (χ4v) is 5.46. The van der Waals surface area contributed by atoms with Gasteiger partial charge in [-0.25, -0.2) is 0 Å². The molecule has 0 saturated carbocycles. The maximum atomic E-state index is 10.0. The monoisotopic (exact) mass is 695 g/mol. The first-order valence-electron chi connectivity index (χ1n) is 12.9. The van der Waals surface area contributed by atoms with Crippen molar-refractivity contribution in [3.8, 4) is 22.6 Å². The Hall–Kier alpha value is -3.53. The molecule has 1 radical (unpaired) electrons.